The Morgan fingerprint density at radius 2 is 0.333 bits per heavy atom. The Morgan fingerprint density at radius 1 is 0.214 bits per heavy atom. The number of hydrogen-bond donors (Lipinski definition) is 0. The van der Waals surface area contributed by atoms with Crippen LogP contribution in [0, 0.1) is 0 Å². The van der Waals surface area contributed by atoms with Gasteiger partial charge in [-0.1, -0.05) is 0 Å². The maximum absolute atomic E-state index is 4.22. The van der Waals surface area contributed by atoms with Crippen LogP contribution in [-0.4, -0.2) is 61.2 Å². The van der Waals surface area contributed by atoms with Gasteiger partial charge in [0.05, 0.1) is 0 Å². The summed E-state index contributed by atoms with van der Waals surface area (Å²) in [5, 5.41) is 53.4. The Labute approximate surface area is 263 Å². The standard InChI is InChI=1S/C24H12N12S6/c1-2-14-4-3-13(1)37-19-25-29-21(30-26-19)39-15-5-7-17(8-6-15)41-23-33-35-24(36-34-23)42-18-11-9-16(10-12-18)40-22-31-27-20(38-14)28-32-22/h1-12H. The third-order valence-corrected chi connectivity index (χ3v) is 10.2. The Bertz CT molecular complexity index is 1320. The fraction of sp³-hybridized carbons (Fsp3) is 0. The highest BCUT2D eigenvalue weighted by Gasteiger charge is 2.11. The van der Waals surface area contributed by atoms with Crippen molar-refractivity contribution < 1.29 is 0 Å². The molecule has 0 saturated heterocycles. The second kappa shape index (κ2) is 12.8. The third kappa shape index (κ3) is 7.13. The summed E-state index contributed by atoms with van der Waals surface area (Å²) in [6.07, 6.45) is 0. The van der Waals surface area contributed by atoms with E-state index in [0.717, 1.165) is 29.4 Å². The van der Waals surface area contributed by atoms with E-state index in [2.05, 4.69) is 61.2 Å². The molecule has 3 aromatic carbocycles. The first kappa shape index (κ1) is 27.4. The molecule has 22 rings (SSSR count). The zero-order valence-corrected chi connectivity index (χ0v) is 25.6. The van der Waals surface area contributed by atoms with Crippen molar-refractivity contribution in [3.8, 4) is 0 Å². The van der Waals surface area contributed by atoms with Gasteiger partial charge in [0.15, 0.2) is 0 Å². The molecule has 0 unspecified atom stereocenters. The predicted molar refractivity (Wildman–Crippen MR) is 157 cm³/mol. The van der Waals surface area contributed by atoms with Gasteiger partial charge in [-0.3, -0.25) is 0 Å². The van der Waals surface area contributed by atoms with Crippen LogP contribution in [0.25, 0.3) is 0 Å². The lowest BCUT2D eigenvalue weighted by Crippen LogP contribution is -1.97. The van der Waals surface area contributed by atoms with Gasteiger partial charge < -0.3 is 0 Å². The van der Waals surface area contributed by atoms with Crippen LogP contribution in [0.3, 0.4) is 0 Å². The predicted octanol–water partition coefficient (Wildman–Crippen LogP) is 5.65. The molecule has 12 bridgehead atoms. The van der Waals surface area contributed by atoms with Gasteiger partial charge >= 0.3 is 0 Å². The van der Waals surface area contributed by atoms with E-state index in [9.17, 15) is 0 Å². The summed E-state index contributed by atoms with van der Waals surface area (Å²) in [5.41, 5.74) is 0. The summed E-state index contributed by atoms with van der Waals surface area (Å²) in [6.45, 7) is 0. The monoisotopic (exact) mass is 660 g/mol. The van der Waals surface area contributed by atoms with Crippen LogP contribution in [0.1, 0.15) is 0 Å². The summed E-state index contributed by atoms with van der Waals surface area (Å²) in [4.78, 5) is 5.71. The van der Waals surface area contributed by atoms with Crippen LogP contribution in [-0.2, 0) is 0 Å². The largest absolute Gasteiger partial charge is 0.234 e. The number of hydrogen-bond acceptors (Lipinski definition) is 18. The minimum atomic E-state index is 0.456. The minimum absolute atomic E-state index is 0.456. The van der Waals surface area contributed by atoms with Crippen LogP contribution in [0.2, 0.25) is 0 Å². The zero-order chi connectivity index (χ0) is 28.1. The van der Waals surface area contributed by atoms with E-state index < -0.39 is 0 Å². The highest BCUT2D eigenvalue weighted by molar-refractivity contribution is 8.00. The average molecular weight is 661 g/mol. The highest BCUT2D eigenvalue weighted by atomic mass is 32.2. The zero-order valence-electron chi connectivity index (χ0n) is 20.7. The molecule has 16 aliphatic heterocycles. The van der Waals surface area contributed by atoms with E-state index in [1.54, 1.807) is 0 Å². The van der Waals surface area contributed by atoms with Crippen molar-refractivity contribution in [3.63, 3.8) is 0 Å². The van der Waals surface area contributed by atoms with Crippen LogP contribution in [0.15, 0.2) is 133 Å². The summed E-state index contributed by atoms with van der Waals surface area (Å²) in [7, 11) is 0. The molecule has 0 spiro atoms. The van der Waals surface area contributed by atoms with Gasteiger partial charge in [0.1, 0.15) is 0 Å². The summed E-state index contributed by atoms with van der Waals surface area (Å²) in [6, 6.07) is 23.6. The van der Waals surface area contributed by atoms with Crippen LogP contribution < -0.4 is 0 Å². The summed E-state index contributed by atoms with van der Waals surface area (Å²) >= 11 is 8.26. The number of benzene rings is 3. The van der Waals surface area contributed by atoms with Gasteiger partial charge in [-0.2, -0.15) is 0 Å². The van der Waals surface area contributed by atoms with Crippen molar-refractivity contribution in [2.75, 3.05) is 0 Å². The highest BCUT2D eigenvalue weighted by Crippen LogP contribution is 2.33. The minimum Gasteiger partial charge on any atom is -0.118 e. The molecule has 3 aromatic heterocycles. The molecule has 0 amide bonds. The van der Waals surface area contributed by atoms with Gasteiger partial charge in [-0.25, -0.2) is 0 Å². The fourth-order valence-corrected chi connectivity index (χ4v) is 7.12. The van der Waals surface area contributed by atoms with Gasteiger partial charge in [0.2, 0.25) is 30.9 Å². The lowest BCUT2D eigenvalue weighted by Gasteiger charge is -2.04. The Morgan fingerprint density at radius 3 is 0.452 bits per heavy atom. The summed E-state index contributed by atoms with van der Waals surface area (Å²) in [5.74, 6) is 0. The number of rotatable bonds is 0. The second-order valence-corrected chi connectivity index (χ2v) is 14.2. The van der Waals surface area contributed by atoms with Crippen molar-refractivity contribution in [2.45, 2.75) is 60.3 Å². The van der Waals surface area contributed by atoms with E-state index in [1.807, 2.05) is 72.8 Å². The smallest absolute Gasteiger partial charge is 0.118 e. The first-order valence-electron chi connectivity index (χ1n) is 11.8. The molecule has 18 heteroatoms. The average Bonchev–Trinajstić information content (AvgIpc) is 3.03. The topological polar surface area (TPSA) is 155 Å². The third-order valence-electron chi connectivity index (χ3n) is 5.05. The van der Waals surface area contributed by atoms with E-state index in [4.69, 9.17) is 0 Å². The van der Waals surface area contributed by atoms with E-state index >= 15 is 0 Å². The Hall–Kier alpha value is -3.42. The number of aromatic nitrogens is 12. The van der Waals surface area contributed by atoms with Crippen molar-refractivity contribution in [3.05, 3.63) is 72.8 Å². The van der Waals surface area contributed by atoms with E-state index in [1.165, 1.54) is 70.6 Å². The van der Waals surface area contributed by atoms with Gasteiger partial charge in [0.25, 0.3) is 0 Å². The molecule has 0 radical (unpaired) electrons. The van der Waals surface area contributed by atoms with Crippen molar-refractivity contribution in [1.82, 2.24) is 61.2 Å². The molecule has 0 N–H and O–H groups in total. The van der Waals surface area contributed by atoms with Crippen molar-refractivity contribution >= 4 is 70.6 Å². The first-order valence-corrected chi connectivity index (χ1v) is 16.7. The Balaban J connectivity index is 1.14. The Kier molecular flexibility index (Phi) is 8.38. The van der Waals surface area contributed by atoms with Crippen molar-refractivity contribution in [1.29, 1.82) is 0 Å². The quantitative estimate of drug-likeness (QED) is 0.196. The molecule has 0 saturated carbocycles. The molecule has 6 aromatic rings. The normalized spacial score (nSPS) is 13.1. The molecule has 16 aliphatic rings. The lowest BCUT2D eigenvalue weighted by molar-refractivity contribution is 0.665. The van der Waals surface area contributed by atoms with Crippen LogP contribution in [0.4, 0.5) is 0 Å². The van der Waals surface area contributed by atoms with Gasteiger partial charge in [-0.05, 0) is 143 Å². The van der Waals surface area contributed by atoms with Crippen LogP contribution >= 0.6 is 70.6 Å². The molecule has 0 atom stereocenters. The fourth-order valence-electron chi connectivity index (χ4n) is 3.24. The molecule has 0 fully saturated rings. The van der Waals surface area contributed by atoms with Gasteiger partial charge in [-0.15, -0.1) is 61.2 Å². The molecule has 12 nitrogen and oxygen atoms in total. The molecule has 19 heterocycles. The summed E-state index contributed by atoms with van der Waals surface area (Å²) < 4.78 is 0. The molecule has 0 aliphatic carbocycles. The maximum Gasteiger partial charge on any atom is 0.234 e. The van der Waals surface area contributed by atoms with E-state index in [-0.39, 0.29) is 0 Å². The molecule has 42 heavy (non-hydrogen) atoms. The molecule has 204 valence electrons. The molecular formula is C24H12N12S6. The molecular weight excluding hydrogens is 649 g/mol. The van der Waals surface area contributed by atoms with Crippen molar-refractivity contribution in [2.24, 2.45) is 0 Å². The SMILES string of the molecule is c1cc2ccc1Sc1nnc(nn1)Sc1ccc(cc1)Sc1nnc(nn1)Sc1ccc(cc1)Sc1nnc(nn1)S2. The van der Waals surface area contributed by atoms with Crippen LogP contribution in [0.5, 0.6) is 0 Å². The maximum atomic E-state index is 4.22. The van der Waals surface area contributed by atoms with Gasteiger partial charge in [0, 0.05) is 29.4 Å². The number of nitrogens with zero attached hydrogens (tertiary/aromatic N) is 12. The first-order chi connectivity index (χ1) is 20.7. The lowest BCUT2D eigenvalue weighted by atomic mass is 10.4. The second-order valence-electron chi connectivity index (χ2n) is 7.92. The van der Waals surface area contributed by atoms with E-state index in [0.29, 0.717) is 30.9 Å².